The Balaban J connectivity index is 2.17. The van der Waals surface area contributed by atoms with E-state index in [0.29, 0.717) is 6.42 Å². The topological polar surface area (TPSA) is 53.4 Å². The summed E-state index contributed by atoms with van der Waals surface area (Å²) in [6, 6.07) is 9.92. The van der Waals surface area contributed by atoms with Crippen LogP contribution in [0.4, 0.5) is 5.69 Å². The van der Waals surface area contributed by atoms with Gasteiger partial charge in [0, 0.05) is 37.3 Å². The molecule has 1 heterocycles. The maximum Gasteiger partial charge on any atom is 0.303 e. The number of carbonyl (C=O) groups is 1. The molecule has 0 aliphatic heterocycles. The molecule has 2 aromatic rings. The van der Waals surface area contributed by atoms with E-state index in [0.717, 1.165) is 23.1 Å². The van der Waals surface area contributed by atoms with Gasteiger partial charge < -0.3 is 10.0 Å². The smallest absolute Gasteiger partial charge is 0.303 e. The molecule has 1 aromatic carbocycles. The molecule has 1 N–H and O–H groups in total. The Bertz CT molecular complexity index is 549. The second kappa shape index (κ2) is 5.49. The van der Waals surface area contributed by atoms with Gasteiger partial charge in [0.2, 0.25) is 0 Å². The van der Waals surface area contributed by atoms with E-state index in [1.165, 1.54) is 0 Å². The first kappa shape index (κ1) is 12.4. The van der Waals surface area contributed by atoms with Crippen molar-refractivity contribution in [3.05, 3.63) is 36.5 Å². The molecule has 0 radical (unpaired) electrons. The van der Waals surface area contributed by atoms with E-state index in [2.05, 4.69) is 9.88 Å². The number of hydrogen-bond acceptors (Lipinski definition) is 3. The predicted molar refractivity (Wildman–Crippen MR) is 71.9 cm³/mol. The molecular weight excluding hydrogens is 228 g/mol. The minimum absolute atomic E-state index is 0.202. The van der Waals surface area contributed by atoms with Crippen molar-refractivity contribution >= 4 is 22.6 Å². The predicted octanol–water partition coefficient (Wildman–Crippen LogP) is 2.54. The first-order valence-corrected chi connectivity index (χ1v) is 5.95. The van der Waals surface area contributed by atoms with Crippen LogP contribution < -0.4 is 4.90 Å². The second-order valence-electron chi connectivity index (χ2n) is 4.27. The maximum atomic E-state index is 10.5. The number of nitrogens with zero attached hydrogens (tertiary/aromatic N) is 2. The molecule has 0 saturated carbocycles. The van der Waals surface area contributed by atoms with E-state index in [-0.39, 0.29) is 6.42 Å². The summed E-state index contributed by atoms with van der Waals surface area (Å²) in [5, 5.41) is 9.74. The Hall–Kier alpha value is -2.10. The first-order valence-electron chi connectivity index (χ1n) is 5.95. The lowest BCUT2D eigenvalue weighted by Gasteiger charge is -2.20. The molecule has 4 nitrogen and oxygen atoms in total. The minimum Gasteiger partial charge on any atom is -0.481 e. The summed E-state index contributed by atoms with van der Waals surface area (Å²) in [7, 11) is 1.98. The third-order valence-corrected chi connectivity index (χ3v) is 2.92. The highest BCUT2D eigenvalue weighted by molar-refractivity contribution is 5.91. The number of rotatable bonds is 5. The van der Waals surface area contributed by atoms with Crippen LogP contribution in [-0.2, 0) is 4.79 Å². The highest BCUT2D eigenvalue weighted by Crippen LogP contribution is 2.24. The number of para-hydroxylation sites is 1. The fraction of sp³-hybridized carbons (Fsp3) is 0.286. The SMILES string of the molecule is CN(CCCC(=O)O)c1ccnc2ccccc12. The number of aliphatic carboxylic acids is 1. The van der Waals surface area contributed by atoms with Crippen LogP contribution in [-0.4, -0.2) is 29.7 Å². The van der Waals surface area contributed by atoms with Gasteiger partial charge >= 0.3 is 5.97 Å². The molecule has 0 aliphatic carbocycles. The summed E-state index contributed by atoms with van der Waals surface area (Å²) in [6.07, 6.45) is 2.63. The Morgan fingerprint density at radius 2 is 2.11 bits per heavy atom. The summed E-state index contributed by atoms with van der Waals surface area (Å²) >= 11 is 0. The molecule has 0 spiro atoms. The second-order valence-corrected chi connectivity index (χ2v) is 4.27. The van der Waals surface area contributed by atoms with Gasteiger partial charge in [-0.2, -0.15) is 0 Å². The molecule has 0 unspecified atom stereocenters. The Morgan fingerprint density at radius 1 is 1.33 bits per heavy atom. The summed E-state index contributed by atoms with van der Waals surface area (Å²) in [5.41, 5.74) is 2.05. The van der Waals surface area contributed by atoms with Crippen LogP contribution in [0.25, 0.3) is 10.9 Å². The first-order chi connectivity index (χ1) is 8.68. The van der Waals surface area contributed by atoms with Crippen molar-refractivity contribution < 1.29 is 9.90 Å². The summed E-state index contributed by atoms with van der Waals surface area (Å²) in [6.45, 7) is 0.723. The molecule has 0 saturated heterocycles. The van der Waals surface area contributed by atoms with Crippen LogP contribution in [0.3, 0.4) is 0 Å². The van der Waals surface area contributed by atoms with Crippen molar-refractivity contribution in [2.75, 3.05) is 18.5 Å². The van der Waals surface area contributed by atoms with E-state index in [1.807, 2.05) is 37.4 Å². The minimum atomic E-state index is -0.747. The summed E-state index contributed by atoms with van der Waals surface area (Å²) < 4.78 is 0. The van der Waals surface area contributed by atoms with Crippen LogP contribution in [0.15, 0.2) is 36.5 Å². The lowest BCUT2D eigenvalue weighted by Crippen LogP contribution is -2.19. The summed E-state index contributed by atoms with van der Waals surface area (Å²) in [4.78, 5) is 16.9. The molecule has 2 rings (SSSR count). The lowest BCUT2D eigenvalue weighted by atomic mass is 10.1. The normalized spacial score (nSPS) is 10.5. The monoisotopic (exact) mass is 244 g/mol. The highest BCUT2D eigenvalue weighted by atomic mass is 16.4. The standard InChI is InChI=1S/C14H16N2O2/c1-16(10-4-7-14(17)18)13-8-9-15-12-6-3-2-5-11(12)13/h2-3,5-6,8-9H,4,7,10H2,1H3,(H,17,18). The van der Waals surface area contributed by atoms with Crippen LogP contribution in [0.5, 0.6) is 0 Å². The molecule has 0 amide bonds. The molecule has 0 atom stereocenters. The van der Waals surface area contributed by atoms with E-state index in [9.17, 15) is 4.79 Å². The maximum absolute atomic E-state index is 10.5. The van der Waals surface area contributed by atoms with Crippen molar-refractivity contribution in [3.8, 4) is 0 Å². The van der Waals surface area contributed by atoms with Gasteiger partial charge in [0.1, 0.15) is 0 Å². The van der Waals surface area contributed by atoms with Crippen molar-refractivity contribution in [1.29, 1.82) is 0 Å². The lowest BCUT2D eigenvalue weighted by molar-refractivity contribution is -0.137. The Morgan fingerprint density at radius 3 is 2.89 bits per heavy atom. The van der Waals surface area contributed by atoms with Crippen molar-refractivity contribution in [1.82, 2.24) is 4.98 Å². The Labute approximate surface area is 106 Å². The average molecular weight is 244 g/mol. The van der Waals surface area contributed by atoms with Crippen LogP contribution in [0.2, 0.25) is 0 Å². The van der Waals surface area contributed by atoms with Crippen LogP contribution in [0.1, 0.15) is 12.8 Å². The largest absolute Gasteiger partial charge is 0.481 e. The zero-order valence-corrected chi connectivity index (χ0v) is 10.3. The van der Waals surface area contributed by atoms with Gasteiger partial charge in [0.15, 0.2) is 0 Å². The van der Waals surface area contributed by atoms with Gasteiger partial charge in [-0.25, -0.2) is 0 Å². The average Bonchev–Trinajstić information content (AvgIpc) is 2.37. The Kier molecular flexibility index (Phi) is 3.77. The van der Waals surface area contributed by atoms with Gasteiger partial charge in [0.25, 0.3) is 0 Å². The van der Waals surface area contributed by atoms with Crippen LogP contribution in [0, 0.1) is 0 Å². The molecule has 4 heteroatoms. The third-order valence-electron chi connectivity index (χ3n) is 2.92. The number of hydrogen-bond donors (Lipinski definition) is 1. The molecule has 1 aromatic heterocycles. The van der Waals surface area contributed by atoms with Crippen molar-refractivity contribution in [3.63, 3.8) is 0 Å². The number of aromatic nitrogens is 1. The van der Waals surface area contributed by atoms with E-state index in [4.69, 9.17) is 5.11 Å². The number of benzene rings is 1. The van der Waals surface area contributed by atoms with Gasteiger partial charge in [-0.3, -0.25) is 9.78 Å². The number of pyridine rings is 1. The van der Waals surface area contributed by atoms with Gasteiger partial charge in [0.05, 0.1) is 5.52 Å². The van der Waals surface area contributed by atoms with E-state index < -0.39 is 5.97 Å². The van der Waals surface area contributed by atoms with Gasteiger partial charge in [-0.05, 0) is 18.6 Å². The van der Waals surface area contributed by atoms with E-state index >= 15 is 0 Å². The number of fused-ring (bicyclic) bond motifs is 1. The van der Waals surface area contributed by atoms with Gasteiger partial charge in [-0.1, -0.05) is 18.2 Å². The molecule has 0 fully saturated rings. The molecule has 18 heavy (non-hydrogen) atoms. The third kappa shape index (κ3) is 2.77. The van der Waals surface area contributed by atoms with Crippen molar-refractivity contribution in [2.24, 2.45) is 0 Å². The fourth-order valence-corrected chi connectivity index (χ4v) is 2.00. The number of anilines is 1. The fourth-order valence-electron chi connectivity index (χ4n) is 2.00. The number of carboxylic acids is 1. The van der Waals surface area contributed by atoms with Crippen LogP contribution >= 0.6 is 0 Å². The van der Waals surface area contributed by atoms with E-state index in [1.54, 1.807) is 6.20 Å². The molecule has 0 bridgehead atoms. The molecule has 0 aliphatic rings. The van der Waals surface area contributed by atoms with Gasteiger partial charge in [-0.15, -0.1) is 0 Å². The highest BCUT2D eigenvalue weighted by Gasteiger charge is 2.06. The van der Waals surface area contributed by atoms with Crippen molar-refractivity contribution in [2.45, 2.75) is 12.8 Å². The summed E-state index contributed by atoms with van der Waals surface area (Å²) in [5.74, 6) is -0.747. The quantitative estimate of drug-likeness (QED) is 0.878. The zero-order valence-electron chi connectivity index (χ0n) is 10.3. The molecular formula is C14H16N2O2. The zero-order chi connectivity index (χ0) is 13.0. The number of carboxylic acid groups (broad SMARTS) is 1. The molecule has 94 valence electrons.